The van der Waals surface area contributed by atoms with Gasteiger partial charge in [-0.1, -0.05) is 5.92 Å². The van der Waals surface area contributed by atoms with Gasteiger partial charge in [-0.15, -0.1) is 6.42 Å². The standard InChI is InChI=1S/C13H24N4O2/c1-2-5-17-13(19)4-7-15-9-11-16-10-8-14-6-3-12-18/h1,12,14-16H,3-11H2,(H,17,19). The molecule has 0 aromatic carbocycles. The predicted octanol–water partition coefficient (Wildman–Crippen LogP) is -1.52. The van der Waals surface area contributed by atoms with Crippen LogP contribution in [0.25, 0.3) is 0 Å². The third-order valence-corrected chi connectivity index (χ3v) is 2.31. The van der Waals surface area contributed by atoms with Crippen LogP contribution >= 0.6 is 0 Å². The summed E-state index contributed by atoms with van der Waals surface area (Å²) in [5.41, 5.74) is 0. The first-order valence-corrected chi connectivity index (χ1v) is 6.57. The fourth-order valence-corrected chi connectivity index (χ4v) is 1.33. The Bertz CT molecular complexity index is 276. The molecule has 1 amide bonds. The molecule has 108 valence electrons. The molecule has 0 radical (unpaired) electrons. The van der Waals surface area contributed by atoms with Crippen LogP contribution in [0.4, 0.5) is 0 Å². The molecular weight excluding hydrogens is 244 g/mol. The first-order valence-electron chi connectivity index (χ1n) is 6.57. The van der Waals surface area contributed by atoms with Crippen LogP contribution in [0, 0.1) is 12.3 Å². The number of aldehydes is 1. The van der Waals surface area contributed by atoms with Gasteiger partial charge in [0.05, 0.1) is 6.54 Å². The highest BCUT2D eigenvalue weighted by Gasteiger charge is 1.97. The first-order chi connectivity index (χ1) is 9.31. The van der Waals surface area contributed by atoms with Gasteiger partial charge in [-0.25, -0.2) is 0 Å². The lowest BCUT2D eigenvalue weighted by Crippen LogP contribution is -2.34. The van der Waals surface area contributed by atoms with Crippen molar-refractivity contribution in [1.29, 1.82) is 0 Å². The average Bonchev–Trinajstić information content (AvgIpc) is 2.42. The maximum absolute atomic E-state index is 11.2. The van der Waals surface area contributed by atoms with Gasteiger partial charge in [0.15, 0.2) is 0 Å². The van der Waals surface area contributed by atoms with E-state index in [0.717, 1.165) is 39.0 Å². The third kappa shape index (κ3) is 14.5. The molecule has 6 nitrogen and oxygen atoms in total. The molecular formula is C13H24N4O2. The van der Waals surface area contributed by atoms with Crippen molar-refractivity contribution in [2.45, 2.75) is 12.8 Å². The van der Waals surface area contributed by atoms with Gasteiger partial charge in [-0.05, 0) is 0 Å². The summed E-state index contributed by atoms with van der Waals surface area (Å²) < 4.78 is 0. The van der Waals surface area contributed by atoms with Gasteiger partial charge < -0.3 is 26.1 Å². The van der Waals surface area contributed by atoms with E-state index in [4.69, 9.17) is 6.42 Å². The zero-order chi connectivity index (χ0) is 14.2. The molecule has 19 heavy (non-hydrogen) atoms. The zero-order valence-corrected chi connectivity index (χ0v) is 11.3. The van der Waals surface area contributed by atoms with Crippen LogP contribution in [-0.2, 0) is 9.59 Å². The summed E-state index contributed by atoms with van der Waals surface area (Å²) in [6, 6.07) is 0. The topological polar surface area (TPSA) is 82.3 Å². The van der Waals surface area contributed by atoms with Gasteiger partial charge in [-0.3, -0.25) is 4.79 Å². The maximum Gasteiger partial charge on any atom is 0.222 e. The van der Waals surface area contributed by atoms with E-state index in [1.165, 1.54) is 0 Å². The molecule has 0 rings (SSSR count). The van der Waals surface area contributed by atoms with Gasteiger partial charge in [0.1, 0.15) is 6.29 Å². The lowest BCUT2D eigenvalue weighted by Gasteiger charge is -2.07. The highest BCUT2D eigenvalue weighted by molar-refractivity contribution is 5.76. The van der Waals surface area contributed by atoms with E-state index < -0.39 is 0 Å². The van der Waals surface area contributed by atoms with Gasteiger partial charge >= 0.3 is 0 Å². The van der Waals surface area contributed by atoms with Crippen molar-refractivity contribution in [3.63, 3.8) is 0 Å². The summed E-state index contributed by atoms with van der Waals surface area (Å²) in [6.45, 7) is 5.05. The summed E-state index contributed by atoms with van der Waals surface area (Å²) in [6.07, 6.45) is 6.93. The molecule has 0 aliphatic rings. The van der Waals surface area contributed by atoms with E-state index in [1.54, 1.807) is 0 Å². The minimum absolute atomic E-state index is 0.0298. The molecule has 0 saturated heterocycles. The highest BCUT2D eigenvalue weighted by Crippen LogP contribution is 1.76. The first kappa shape index (κ1) is 17.6. The minimum Gasteiger partial charge on any atom is -0.345 e. The van der Waals surface area contributed by atoms with Crippen LogP contribution in [0.15, 0.2) is 0 Å². The lowest BCUT2D eigenvalue weighted by atomic mass is 10.4. The van der Waals surface area contributed by atoms with E-state index >= 15 is 0 Å². The van der Waals surface area contributed by atoms with E-state index in [-0.39, 0.29) is 12.5 Å². The van der Waals surface area contributed by atoms with Crippen LogP contribution in [0.1, 0.15) is 12.8 Å². The lowest BCUT2D eigenvalue weighted by molar-refractivity contribution is -0.120. The molecule has 0 atom stereocenters. The Morgan fingerprint density at radius 1 is 1.00 bits per heavy atom. The van der Waals surface area contributed by atoms with E-state index in [1.807, 2.05) is 0 Å². The molecule has 0 aliphatic heterocycles. The highest BCUT2D eigenvalue weighted by atomic mass is 16.1. The quantitative estimate of drug-likeness (QED) is 0.185. The fraction of sp³-hybridized carbons (Fsp3) is 0.692. The second-order valence-corrected chi connectivity index (χ2v) is 3.94. The SMILES string of the molecule is C#CCNC(=O)CCNCCNCCNCCC=O. The number of amides is 1. The summed E-state index contributed by atoms with van der Waals surface area (Å²) in [5.74, 6) is 2.32. The predicted molar refractivity (Wildman–Crippen MR) is 75.7 cm³/mol. The van der Waals surface area contributed by atoms with E-state index in [0.29, 0.717) is 19.4 Å². The maximum atomic E-state index is 11.2. The van der Waals surface area contributed by atoms with Crippen LogP contribution in [0.2, 0.25) is 0 Å². The number of hydrogen-bond acceptors (Lipinski definition) is 5. The van der Waals surface area contributed by atoms with Gasteiger partial charge in [0.2, 0.25) is 5.91 Å². The Balaban J connectivity index is 3.08. The number of nitrogens with one attached hydrogen (secondary N) is 4. The average molecular weight is 268 g/mol. The van der Waals surface area contributed by atoms with Crippen molar-refractivity contribution < 1.29 is 9.59 Å². The van der Waals surface area contributed by atoms with Crippen molar-refractivity contribution in [2.24, 2.45) is 0 Å². The van der Waals surface area contributed by atoms with E-state index in [2.05, 4.69) is 27.2 Å². The molecule has 0 saturated carbocycles. The molecule has 0 spiro atoms. The van der Waals surface area contributed by atoms with Crippen molar-refractivity contribution in [1.82, 2.24) is 21.3 Å². The molecule has 0 unspecified atom stereocenters. The second kappa shape index (κ2) is 14.6. The van der Waals surface area contributed by atoms with Gasteiger partial charge in [0.25, 0.3) is 0 Å². The van der Waals surface area contributed by atoms with Crippen molar-refractivity contribution in [3.05, 3.63) is 0 Å². The molecule has 0 aromatic rings. The third-order valence-electron chi connectivity index (χ3n) is 2.31. The van der Waals surface area contributed by atoms with Crippen LogP contribution in [0.5, 0.6) is 0 Å². The Morgan fingerprint density at radius 2 is 1.58 bits per heavy atom. The van der Waals surface area contributed by atoms with Crippen molar-refractivity contribution >= 4 is 12.2 Å². The van der Waals surface area contributed by atoms with E-state index in [9.17, 15) is 9.59 Å². The van der Waals surface area contributed by atoms with Crippen molar-refractivity contribution in [3.8, 4) is 12.3 Å². The van der Waals surface area contributed by atoms with Gasteiger partial charge in [-0.2, -0.15) is 0 Å². The Labute approximate surface area is 115 Å². The Kier molecular flexibility index (Phi) is 13.5. The Morgan fingerprint density at radius 3 is 2.16 bits per heavy atom. The number of terminal acetylenes is 1. The zero-order valence-electron chi connectivity index (χ0n) is 11.3. The summed E-state index contributed by atoms with van der Waals surface area (Å²) >= 11 is 0. The monoisotopic (exact) mass is 268 g/mol. The fourth-order valence-electron chi connectivity index (χ4n) is 1.33. The smallest absolute Gasteiger partial charge is 0.222 e. The molecule has 0 heterocycles. The van der Waals surface area contributed by atoms with Crippen LogP contribution in [0.3, 0.4) is 0 Å². The summed E-state index contributed by atoms with van der Waals surface area (Å²) in [4.78, 5) is 21.2. The second-order valence-electron chi connectivity index (χ2n) is 3.94. The van der Waals surface area contributed by atoms with Crippen LogP contribution in [-0.4, -0.2) is 58.0 Å². The Hall–Kier alpha value is -1.42. The number of rotatable bonds is 13. The summed E-state index contributed by atoms with van der Waals surface area (Å²) in [5, 5.41) is 12.2. The van der Waals surface area contributed by atoms with Gasteiger partial charge in [0, 0.05) is 52.1 Å². The minimum atomic E-state index is -0.0298. The number of carbonyl (C=O) groups is 2. The normalized spacial score (nSPS) is 9.84. The number of carbonyl (C=O) groups excluding carboxylic acids is 2. The molecule has 0 aliphatic carbocycles. The largest absolute Gasteiger partial charge is 0.345 e. The molecule has 6 heteroatoms. The van der Waals surface area contributed by atoms with Crippen molar-refractivity contribution in [2.75, 3.05) is 45.8 Å². The molecule has 0 fully saturated rings. The van der Waals surface area contributed by atoms with Crippen LogP contribution < -0.4 is 21.3 Å². The molecule has 4 N–H and O–H groups in total. The molecule has 0 aromatic heterocycles. The molecule has 0 bridgehead atoms. The summed E-state index contributed by atoms with van der Waals surface area (Å²) in [7, 11) is 0. The number of hydrogen-bond donors (Lipinski definition) is 4.